The van der Waals surface area contributed by atoms with Crippen molar-refractivity contribution < 1.29 is 17.9 Å². The van der Waals surface area contributed by atoms with Gasteiger partial charge in [0.15, 0.2) is 0 Å². The summed E-state index contributed by atoms with van der Waals surface area (Å²) in [6.45, 7) is 0. The average molecular weight is 305 g/mol. The molecular formula is C17H14F3NO. The Hall–Kier alpha value is -2.30. The van der Waals surface area contributed by atoms with Crippen molar-refractivity contribution >= 4 is 5.71 Å². The lowest BCUT2D eigenvalue weighted by Gasteiger charge is -2.09. The van der Waals surface area contributed by atoms with E-state index in [1.165, 1.54) is 12.1 Å². The fourth-order valence-electron chi connectivity index (χ4n) is 2.57. The molecule has 0 fully saturated rings. The summed E-state index contributed by atoms with van der Waals surface area (Å²) in [5.41, 5.74) is 2.93. The molecule has 0 aliphatic carbocycles. The molecule has 1 unspecified atom stereocenters. The lowest BCUT2D eigenvalue weighted by Crippen LogP contribution is -2.17. The highest BCUT2D eigenvalue weighted by molar-refractivity contribution is 6.01. The van der Waals surface area contributed by atoms with Crippen LogP contribution in [0.3, 0.4) is 0 Å². The molecule has 0 spiro atoms. The molecule has 0 amide bonds. The molecule has 0 saturated carbocycles. The van der Waals surface area contributed by atoms with Crippen LogP contribution in [0.25, 0.3) is 0 Å². The van der Waals surface area contributed by atoms with Crippen molar-refractivity contribution in [3.05, 3.63) is 65.7 Å². The minimum absolute atomic E-state index is 0.127. The first kappa shape index (κ1) is 14.6. The van der Waals surface area contributed by atoms with Crippen molar-refractivity contribution in [2.75, 3.05) is 0 Å². The maximum absolute atomic E-state index is 12.1. The van der Waals surface area contributed by atoms with E-state index in [0.29, 0.717) is 0 Å². The van der Waals surface area contributed by atoms with Crippen molar-refractivity contribution in [2.24, 2.45) is 4.99 Å². The zero-order valence-electron chi connectivity index (χ0n) is 11.7. The normalized spacial score (nSPS) is 18.1. The molecule has 2 aromatic rings. The molecule has 2 aromatic carbocycles. The van der Waals surface area contributed by atoms with Gasteiger partial charge in [-0.2, -0.15) is 0 Å². The molecular weight excluding hydrogens is 291 g/mol. The number of halogens is 3. The predicted octanol–water partition coefficient (Wildman–Crippen LogP) is 4.91. The summed E-state index contributed by atoms with van der Waals surface area (Å²) < 4.78 is 40.3. The molecule has 1 aliphatic rings. The first-order chi connectivity index (χ1) is 10.5. The number of alkyl halides is 3. The Morgan fingerprint density at radius 2 is 1.64 bits per heavy atom. The van der Waals surface area contributed by atoms with Crippen LogP contribution in [0.4, 0.5) is 13.2 Å². The van der Waals surface area contributed by atoms with Gasteiger partial charge in [-0.05, 0) is 48.2 Å². The molecule has 1 atom stereocenters. The summed E-state index contributed by atoms with van der Waals surface area (Å²) in [7, 11) is 0. The molecule has 114 valence electrons. The smallest absolute Gasteiger partial charge is 0.406 e. The van der Waals surface area contributed by atoms with Gasteiger partial charge < -0.3 is 4.74 Å². The van der Waals surface area contributed by atoms with Gasteiger partial charge in [0, 0.05) is 5.71 Å². The van der Waals surface area contributed by atoms with Crippen LogP contribution in [0.5, 0.6) is 5.75 Å². The van der Waals surface area contributed by atoms with Crippen LogP contribution in [0.2, 0.25) is 0 Å². The van der Waals surface area contributed by atoms with E-state index < -0.39 is 6.36 Å². The summed E-state index contributed by atoms with van der Waals surface area (Å²) in [6.07, 6.45) is -2.93. The van der Waals surface area contributed by atoms with E-state index in [1.807, 2.05) is 30.3 Å². The topological polar surface area (TPSA) is 21.6 Å². The van der Waals surface area contributed by atoms with E-state index in [4.69, 9.17) is 0 Å². The zero-order valence-corrected chi connectivity index (χ0v) is 11.7. The molecule has 0 aromatic heterocycles. The third-order valence-corrected chi connectivity index (χ3v) is 3.57. The third kappa shape index (κ3) is 3.47. The number of nitrogens with zero attached hydrogens (tertiary/aromatic N) is 1. The van der Waals surface area contributed by atoms with Gasteiger partial charge in [-0.15, -0.1) is 13.2 Å². The minimum Gasteiger partial charge on any atom is -0.406 e. The maximum Gasteiger partial charge on any atom is 0.573 e. The molecule has 22 heavy (non-hydrogen) atoms. The molecule has 3 rings (SSSR count). The van der Waals surface area contributed by atoms with Crippen molar-refractivity contribution in [1.29, 1.82) is 0 Å². The summed E-state index contributed by atoms with van der Waals surface area (Å²) in [4.78, 5) is 4.69. The van der Waals surface area contributed by atoms with Gasteiger partial charge >= 0.3 is 6.36 Å². The molecule has 0 saturated heterocycles. The average Bonchev–Trinajstić information content (AvgIpc) is 2.97. The first-order valence-corrected chi connectivity index (χ1v) is 6.99. The van der Waals surface area contributed by atoms with Gasteiger partial charge in [0.1, 0.15) is 5.75 Å². The highest BCUT2D eigenvalue weighted by Gasteiger charge is 2.31. The van der Waals surface area contributed by atoms with Gasteiger partial charge in [0.25, 0.3) is 0 Å². The quantitative estimate of drug-likeness (QED) is 0.789. The molecule has 5 heteroatoms. The molecule has 2 nitrogen and oxygen atoms in total. The maximum atomic E-state index is 12.1. The van der Waals surface area contributed by atoms with Crippen molar-refractivity contribution in [1.82, 2.24) is 0 Å². The van der Waals surface area contributed by atoms with Gasteiger partial charge in [0.2, 0.25) is 0 Å². The minimum atomic E-state index is -4.66. The molecule has 0 N–H and O–H groups in total. The summed E-state index contributed by atoms with van der Waals surface area (Å²) in [6, 6.07) is 16.0. The molecule has 0 radical (unpaired) electrons. The summed E-state index contributed by atoms with van der Waals surface area (Å²) in [5, 5.41) is 0. The second kappa shape index (κ2) is 5.83. The monoisotopic (exact) mass is 305 g/mol. The Bertz CT molecular complexity index is 663. The Balaban J connectivity index is 1.75. The number of rotatable bonds is 3. The largest absolute Gasteiger partial charge is 0.573 e. The Morgan fingerprint density at radius 3 is 2.27 bits per heavy atom. The van der Waals surface area contributed by atoms with Crippen LogP contribution in [0.1, 0.15) is 30.0 Å². The van der Waals surface area contributed by atoms with Gasteiger partial charge in [-0.3, -0.25) is 4.99 Å². The summed E-state index contributed by atoms with van der Waals surface area (Å²) >= 11 is 0. The van der Waals surface area contributed by atoms with Crippen LogP contribution >= 0.6 is 0 Å². The van der Waals surface area contributed by atoms with Crippen LogP contribution < -0.4 is 4.74 Å². The standard InChI is InChI=1S/C17H14F3NO/c18-17(19,20)22-14-8-6-13(7-9-14)16-11-10-15(21-16)12-4-2-1-3-5-12/h1-9,15H,10-11H2. The van der Waals surface area contributed by atoms with Crippen molar-refractivity contribution in [3.63, 3.8) is 0 Å². The van der Waals surface area contributed by atoms with Gasteiger partial charge in [0.05, 0.1) is 6.04 Å². The number of hydrogen-bond acceptors (Lipinski definition) is 2. The number of aliphatic imine (C=N–C) groups is 1. The van der Waals surface area contributed by atoms with Crippen LogP contribution in [0.15, 0.2) is 59.6 Å². The lowest BCUT2D eigenvalue weighted by molar-refractivity contribution is -0.274. The van der Waals surface area contributed by atoms with Crippen LogP contribution in [-0.2, 0) is 0 Å². The Morgan fingerprint density at radius 1 is 0.955 bits per heavy atom. The van der Waals surface area contributed by atoms with E-state index in [2.05, 4.69) is 9.73 Å². The third-order valence-electron chi connectivity index (χ3n) is 3.57. The fourth-order valence-corrected chi connectivity index (χ4v) is 2.57. The highest BCUT2D eigenvalue weighted by Crippen LogP contribution is 2.31. The first-order valence-electron chi connectivity index (χ1n) is 6.99. The predicted molar refractivity (Wildman–Crippen MR) is 78.1 cm³/mol. The Labute approximate surface area is 126 Å². The van der Waals surface area contributed by atoms with Crippen LogP contribution in [-0.4, -0.2) is 12.1 Å². The van der Waals surface area contributed by atoms with E-state index in [0.717, 1.165) is 29.7 Å². The SMILES string of the molecule is FC(F)(F)Oc1ccc(C2=NC(c3ccccc3)CC2)cc1. The van der Waals surface area contributed by atoms with E-state index >= 15 is 0 Å². The van der Waals surface area contributed by atoms with Crippen molar-refractivity contribution in [3.8, 4) is 5.75 Å². The fraction of sp³-hybridized carbons (Fsp3) is 0.235. The van der Waals surface area contributed by atoms with Gasteiger partial charge in [-0.1, -0.05) is 30.3 Å². The highest BCUT2D eigenvalue weighted by atomic mass is 19.4. The van der Waals surface area contributed by atoms with E-state index in [1.54, 1.807) is 12.1 Å². The van der Waals surface area contributed by atoms with E-state index in [9.17, 15) is 13.2 Å². The number of ether oxygens (including phenoxy) is 1. The van der Waals surface area contributed by atoms with Crippen LogP contribution in [0, 0.1) is 0 Å². The Kier molecular flexibility index (Phi) is 3.88. The number of hydrogen-bond donors (Lipinski definition) is 0. The molecule has 0 bridgehead atoms. The number of benzene rings is 2. The zero-order chi connectivity index (χ0) is 15.6. The van der Waals surface area contributed by atoms with Gasteiger partial charge in [-0.25, -0.2) is 0 Å². The lowest BCUT2D eigenvalue weighted by atomic mass is 10.0. The second-order valence-corrected chi connectivity index (χ2v) is 5.11. The van der Waals surface area contributed by atoms with Crippen molar-refractivity contribution in [2.45, 2.75) is 25.2 Å². The van der Waals surface area contributed by atoms with E-state index in [-0.39, 0.29) is 11.8 Å². The molecule has 1 heterocycles. The molecule has 1 aliphatic heterocycles. The summed E-state index contributed by atoms with van der Waals surface area (Å²) in [5.74, 6) is -0.213. The second-order valence-electron chi connectivity index (χ2n) is 5.11.